The van der Waals surface area contributed by atoms with Crippen LogP contribution in [0, 0.1) is 6.92 Å². The molecule has 0 bridgehead atoms. The van der Waals surface area contributed by atoms with E-state index in [1.54, 1.807) is 5.38 Å². The molecule has 3 aromatic rings. The minimum atomic E-state index is -4.49. The van der Waals surface area contributed by atoms with Gasteiger partial charge in [-0.1, -0.05) is 50.6 Å². The Hall–Kier alpha value is -2.15. The van der Waals surface area contributed by atoms with Gasteiger partial charge in [0.05, 0.1) is 11.4 Å². The Balaban J connectivity index is 2.07. The number of halogens is 3. The van der Waals surface area contributed by atoms with Crippen molar-refractivity contribution in [2.45, 2.75) is 39.3 Å². The van der Waals surface area contributed by atoms with Gasteiger partial charge in [0.25, 0.3) is 0 Å². The molecule has 0 atom stereocenters. The van der Waals surface area contributed by atoms with Crippen LogP contribution in [-0.2, 0) is 11.6 Å². The number of aromatic nitrogens is 3. The molecule has 0 unspecified atom stereocenters. The van der Waals surface area contributed by atoms with E-state index < -0.39 is 17.3 Å². The van der Waals surface area contributed by atoms with E-state index >= 15 is 0 Å². The maximum atomic E-state index is 13.4. The van der Waals surface area contributed by atoms with E-state index in [1.807, 2.05) is 52.0 Å². The van der Waals surface area contributed by atoms with Crippen molar-refractivity contribution >= 4 is 11.3 Å². The summed E-state index contributed by atoms with van der Waals surface area (Å²) in [7, 11) is 0. The summed E-state index contributed by atoms with van der Waals surface area (Å²) in [6.07, 6.45) is -4.49. The first kappa shape index (κ1) is 17.7. The van der Waals surface area contributed by atoms with Crippen LogP contribution in [0.3, 0.4) is 0 Å². The van der Waals surface area contributed by atoms with Crippen molar-refractivity contribution in [3.8, 4) is 16.4 Å². The molecule has 0 saturated carbocycles. The van der Waals surface area contributed by atoms with Crippen molar-refractivity contribution in [3.63, 3.8) is 0 Å². The summed E-state index contributed by atoms with van der Waals surface area (Å²) < 4.78 is 41.2. The van der Waals surface area contributed by atoms with Gasteiger partial charge in [-0.15, -0.1) is 11.3 Å². The Bertz CT molecular complexity index is 884. The van der Waals surface area contributed by atoms with Gasteiger partial charge >= 0.3 is 6.18 Å². The third kappa shape index (κ3) is 3.61. The standard InChI is InChI=1S/C18H18F3N3S/c1-11-5-7-12(8-6-11)13-10-25-16(22-13)24-15(18(19,20)21)9-14(23-24)17(2,3)4/h5-10H,1-4H3. The van der Waals surface area contributed by atoms with E-state index in [9.17, 15) is 13.2 Å². The summed E-state index contributed by atoms with van der Waals surface area (Å²) in [5.74, 6) is 0. The molecule has 7 heteroatoms. The third-order valence-electron chi connectivity index (χ3n) is 3.79. The van der Waals surface area contributed by atoms with Crippen LogP contribution in [0.15, 0.2) is 35.7 Å². The van der Waals surface area contributed by atoms with Gasteiger partial charge in [-0.2, -0.15) is 18.3 Å². The van der Waals surface area contributed by atoms with E-state index in [-0.39, 0.29) is 5.13 Å². The molecule has 0 saturated heterocycles. The molecule has 0 radical (unpaired) electrons. The first-order valence-electron chi connectivity index (χ1n) is 7.76. The molecule has 0 spiro atoms. The van der Waals surface area contributed by atoms with Crippen LogP contribution in [-0.4, -0.2) is 14.8 Å². The molecule has 3 nitrogen and oxygen atoms in total. The number of nitrogens with zero attached hydrogens (tertiary/aromatic N) is 3. The number of thiazole rings is 1. The predicted molar refractivity (Wildman–Crippen MR) is 93.1 cm³/mol. The van der Waals surface area contributed by atoms with Gasteiger partial charge in [0.15, 0.2) is 5.69 Å². The van der Waals surface area contributed by atoms with Crippen molar-refractivity contribution in [3.05, 3.63) is 52.7 Å². The fourth-order valence-corrected chi connectivity index (χ4v) is 3.11. The first-order chi connectivity index (χ1) is 11.6. The Labute approximate surface area is 148 Å². The Morgan fingerprint density at radius 3 is 2.24 bits per heavy atom. The van der Waals surface area contributed by atoms with Crippen molar-refractivity contribution in [1.29, 1.82) is 0 Å². The normalized spacial score (nSPS) is 12.6. The molecule has 0 fully saturated rings. The highest BCUT2D eigenvalue weighted by Crippen LogP contribution is 2.35. The highest BCUT2D eigenvalue weighted by Gasteiger charge is 2.38. The van der Waals surface area contributed by atoms with E-state index in [0.29, 0.717) is 11.4 Å². The minimum Gasteiger partial charge on any atom is -0.218 e. The molecule has 132 valence electrons. The molecular formula is C18H18F3N3S. The molecule has 25 heavy (non-hydrogen) atoms. The molecule has 1 aromatic carbocycles. The summed E-state index contributed by atoms with van der Waals surface area (Å²) in [5.41, 5.74) is 1.71. The zero-order valence-corrected chi connectivity index (χ0v) is 15.2. The van der Waals surface area contributed by atoms with Gasteiger partial charge in [-0.3, -0.25) is 0 Å². The average Bonchev–Trinajstić information content (AvgIpc) is 3.13. The van der Waals surface area contributed by atoms with Crippen LogP contribution in [0.4, 0.5) is 13.2 Å². The summed E-state index contributed by atoms with van der Waals surface area (Å²) in [6.45, 7) is 7.47. The summed E-state index contributed by atoms with van der Waals surface area (Å²) in [5, 5.41) is 6.14. The monoisotopic (exact) mass is 365 g/mol. The molecular weight excluding hydrogens is 347 g/mol. The zero-order chi connectivity index (χ0) is 18.4. The Kier molecular flexibility index (Phi) is 4.23. The van der Waals surface area contributed by atoms with Crippen molar-refractivity contribution in [2.24, 2.45) is 0 Å². The fraction of sp³-hybridized carbons (Fsp3) is 0.333. The number of benzene rings is 1. The van der Waals surface area contributed by atoms with Gasteiger partial charge in [0, 0.05) is 16.4 Å². The second kappa shape index (κ2) is 5.98. The number of aryl methyl sites for hydroxylation is 1. The Morgan fingerprint density at radius 1 is 1.04 bits per heavy atom. The average molecular weight is 365 g/mol. The molecule has 0 aliphatic heterocycles. The number of hydrogen-bond donors (Lipinski definition) is 0. The number of alkyl halides is 3. The predicted octanol–water partition coefficient (Wildman–Crippen LogP) is 5.62. The van der Waals surface area contributed by atoms with Crippen molar-refractivity contribution < 1.29 is 13.2 Å². The lowest BCUT2D eigenvalue weighted by molar-refractivity contribution is -0.142. The van der Waals surface area contributed by atoms with Crippen LogP contribution < -0.4 is 0 Å². The zero-order valence-electron chi connectivity index (χ0n) is 14.3. The minimum absolute atomic E-state index is 0.207. The smallest absolute Gasteiger partial charge is 0.218 e. The van der Waals surface area contributed by atoms with E-state index in [0.717, 1.165) is 33.2 Å². The van der Waals surface area contributed by atoms with Gasteiger partial charge in [-0.25, -0.2) is 9.67 Å². The highest BCUT2D eigenvalue weighted by molar-refractivity contribution is 7.12. The van der Waals surface area contributed by atoms with Gasteiger partial charge in [-0.05, 0) is 13.0 Å². The summed E-state index contributed by atoms with van der Waals surface area (Å²) >= 11 is 1.15. The lowest BCUT2D eigenvalue weighted by Gasteiger charge is -2.13. The van der Waals surface area contributed by atoms with Crippen LogP contribution in [0.5, 0.6) is 0 Å². The lowest BCUT2D eigenvalue weighted by Crippen LogP contribution is -2.13. The quantitative estimate of drug-likeness (QED) is 0.590. The number of hydrogen-bond acceptors (Lipinski definition) is 3. The molecule has 3 rings (SSSR count). The molecule has 0 N–H and O–H groups in total. The molecule has 2 aromatic heterocycles. The van der Waals surface area contributed by atoms with Crippen LogP contribution in [0.1, 0.15) is 37.7 Å². The van der Waals surface area contributed by atoms with Crippen molar-refractivity contribution in [1.82, 2.24) is 14.8 Å². The SMILES string of the molecule is Cc1ccc(-c2csc(-n3nc(C(C)(C)C)cc3C(F)(F)F)n2)cc1. The van der Waals surface area contributed by atoms with Gasteiger partial charge < -0.3 is 0 Å². The van der Waals surface area contributed by atoms with Crippen LogP contribution >= 0.6 is 11.3 Å². The van der Waals surface area contributed by atoms with E-state index in [2.05, 4.69) is 10.1 Å². The van der Waals surface area contributed by atoms with Crippen LogP contribution in [0.25, 0.3) is 16.4 Å². The largest absolute Gasteiger partial charge is 0.433 e. The Morgan fingerprint density at radius 2 is 1.68 bits per heavy atom. The second-order valence-corrected chi connectivity index (χ2v) is 7.79. The molecule has 2 heterocycles. The van der Waals surface area contributed by atoms with Gasteiger partial charge in [0.2, 0.25) is 5.13 Å². The topological polar surface area (TPSA) is 30.7 Å². The number of rotatable bonds is 2. The highest BCUT2D eigenvalue weighted by atomic mass is 32.1. The maximum Gasteiger partial charge on any atom is 0.433 e. The summed E-state index contributed by atoms with van der Waals surface area (Å²) in [6, 6.07) is 8.81. The van der Waals surface area contributed by atoms with E-state index in [1.165, 1.54) is 0 Å². The van der Waals surface area contributed by atoms with Crippen molar-refractivity contribution in [2.75, 3.05) is 0 Å². The maximum absolute atomic E-state index is 13.4. The fourth-order valence-electron chi connectivity index (χ4n) is 2.31. The third-order valence-corrected chi connectivity index (χ3v) is 4.60. The molecule has 0 aliphatic rings. The van der Waals surface area contributed by atoms with Crippen LogP contribution in [0.2, 0.25) is 0 Å². The molecule has 0 amide bonds. The van der Waals surface area contributed by atoms with E-state index in [4.69, 9.17) is 0 Å². The lowest BCUT2D eigenvalue weighted by atomic mass is 9.92. The second-order valence-electron chi connectivity index (χ2n) is 6.96. The van der Waals surface area contributed by atoms with Gasteiger partial charge in [0.1, 0.15) is 0 Å². The molecule has 0 aliphatic carbocycles. The summed E-state index contributed by atoms with van der Waals surface area (Å²) in [4.78, 5) is 4.37. The first-order valence-corrected chi connectivity index (χ1v) is 8.64.